The van der Waals surface area contributed by atoms with Crippen LogP contribution in [-0.2, 0) is 34.7 Å². The third-order valence-corrected chi connectivity index (χ3v) is 9.72. The van der Waals surface area contributed by atoms with Crippen LogP contribution in [0.25, 0.3) is 0 Å². The minimum Gasteiger partial charge on any atom is -0.494 e. The van der Waals surface area contributed by atoms with Crippen molar-refractivity contribution in [3.8, 4) is 17.2 Å². The number of aryl methyl sites for hydroxylation is 1. The summed E-state index contributed by atoms with van der Waals surface area (Å²) in [7, 11) is -2.22. The summed E-state index contributed by atoms with van der Waals surface area (Å²) in [6.07, 6.45) is 2.48. The van der Waals surface area contributed by atoms with Gasteiger partial charge in [0.15, 0.2) is 11.6 Å². The van der Waals surface area contributed by atoms with Gasteiger partial charge in [-0.25, -0.2) is 12.8 Å². The molecule has 7 rings (SSSR count). The third kappa shape index (κ3) is 5.37. The van der Waals surface area contributed by atoms with Gasteiger partial charge in [0.25, 0.3) is 0 Å². The number of ether oxygens (including phenoxy) is 2. The highest BCUT2D eigenvalue weighted by Gasteiger charge is 2.39. The van der Waals surface area contributed by atoms with E-state index in [4.69, 9.17) is 9.47 Å². The summed E-state index contributed by atoms with van der Waals surface area (Å²) in [5.41, 5.74) is 3.62. The second-order valence-corrected chi connectivity index (χ2v) is 12.4. The van der Waals surface area contributed by atoms with Crippen LogP contribution < -0.4 is 14.8 Å². The highest BCUT2D eigenvalue weighted by Crippen LogP contribution is 2.41. The Balaban J connectivity index is 1.46. The minimum atomic E-state index is -3.93. The fourth-order valence-corrected chi connectivity index (χ4v) is 7.26. The first-order valence-corrected chi connectivity index (χ1v) is 15.2. The molecule has 0 saturated carbocycles. The van der Waals surface area contributed by atoms with E-state index in [0.29, 0.717) is 48.7 Å². The molecule has 0 aliphatic carbocycles. The number of hydrogen-bond acceptors (Lipinski definition) is 6. The number of hydrogen-bond donors (Lipinski definition) is 1. The summed E-state index contributed by atoms with van der Waals surface area (Å²) in [4.78, 5) is 12.6. The molecule has 3 aromatic carbocycles. The zero-order valence-corrected chi connectivity index (χ0v) is 24.2. The van der Waals surface area contributed by atoms with Crippen molar-refractivity contribution in [3.63, 3.8) is 0 Å². The summed E-state index contributed by atoms with van der Waals surface area (Å²) < 4.78 is 57.9. The Morgan fingerprint density at radius 1 is 1.07 bits per heavy atom. The van der Waals surface area contributed by atoms with E-state index >= 15 is 0 Å². The van der Waals surface area contributed by atoms with Gasteiger partial charge in [-0.2, -0.15) is 9.40 Å². The Hall–Kier alpha value is -4.22. The standard InChI is InChI=1S/C31H31FN4O5S/c1-20-29(19-34-35(20)2)42(38,39)36-13-11-22-17-25-8-9-26(22)31(36)23-5-3-6-24(18-23)40-14-4-12-33-30(37)16-21-7-10-27(32)28(15-21)41-25/h3,5-10,15,17-19,31H,4,11-14,16H2,1-2H3,(H,33,37). The number of benzene rings is 3. The first-order chi connectivity index (χ1) is 20.2. The van der Waals surface area contributed by atoms with Crippen molar-refractivity contribution in [2.45, 2.75) is 37.1 Å². The number of carbonyl (C=O) groups excluding carboxylic acids is 1. The smallest absolute Gasteiger partial charge is 0.247 e. The maximum atomic E-state index is 14.7. The quantitative estimate of drug-likeness (QED) is 0.371. The molecule has 8 bridgehead atoms. The summed E-state index contributed by atoms with van der Waals surface area (Å²) in [5, 5.41) is 7.04. The molecule has 9 nitrogen and oxygen atoms in total. The summed E-state index contributed by atoms with van der Waals surface area (Å²) >= 11 is 0. The van der Waals surface area contributed by atoms with Crippen LogP contribution in [0.4, 0.5) is 4.39 Å². The van der Waals surface area contributed by atoms with E-state index in [2.05, 4.69) is 10.4 Å². The molecule has 218 valence electrons. The first kappa shape index (κ1) is 27.9. The summed E-state index contributed by atoms with van der Waals surface area (Å²) in [5.74, 6) is 0.312. The van der Waals surface area contributed by atoms with Crippen LogP contribution in [0.3, 0.4) is 0 Å². The van der Waals surface area contributed by atoms with Crippen LogP contribution in [-0.4, -0.2) is 48.1 Å². The van der Waals surface area contributed by atoms with Crippen molar-refractivity contribution in [3.05, 3.63) is 101 Å². The number of nitrogens with one attached hydrogen (secondary N) is 1. The van der Waals surface area contributed by atoms with Crippen molar-refractivity contribution >= 4 is 15.9 Å². The number of fused-ring (bicyclic) bond motifs is 7. The minimum absolute atomic E-state index is 0.0166. The van der Waals surface area contributed by atoms with Crippen LogP contribution in [0.1, 0.15) is 40.4 Å². The Morgan fingerprint density at radius 2 is 1.93 bits per heavy atom. The average molecular weight is 591 g/mol. The van der Waals surface area contributed by atoms with Gasteiger partial charge in [0.05, 0.1) is 31.0 Å². The van der Waals surface area contributed by atoms with E-state index in [1.54, 1.807) is 30.8 Å². The van der Waals surface area contributed by atoms with Gasteiger partial charge in [-0.05, 0) is 78.4 Å². The van der Waals surface area contributed by atoms with Gasteiger partial charge in [0.2, 0.25) is 15.9 Å². The van der Waals surface area contributed by atoms with Gasteiger partial charge in [0, 0.05) is 20.1 Å². The molecule has 0 fully saturated rings. The van der Waals surface area contributed by atoms with Gasteiger partial charge < -0.3 is 14.8 Å². The first-order valence-electron chi connectivity index (χ1n) is 13.8. The van der Waals surface area contributed by atoms with E-state index in [1.807, 2.05) is 36.4 Å². The van der Waals surface area contributed by atoms with Crippen molar-refractivity contribution < 1.29 is 27.1 Å². The molecular weight excluding hydrogens is 559 g/mol. The third-order valence-electron chi connectivity index (χ3n) is 7.75. The average Bonchev–Trinajstić information content (AvgIpc) is 3.32. The predicted molar refractivity (Wildman–Crippen MR) is 154 cm³/mol. The van der Waals surface area contributed by atoms with Crippen molar-refractivity contribution in [1.82, 2.24) is 19.4 Å². The van der Waals surface area contributed by atoms with Crippen molar-refractivity contribution in [1.29, 1.82) is 0 Å². The van der Waals surface area contributed by atoms with E-state index in [1.165, 1.54) is 22.6 Å². The van der Waals surface area contributed by atoms with Crippen LogP contribution in [0, 0.1) is 12.7 Å². The lowest BCUT2D eigenvalue weighted by Crippen LogP contribution is -2.40. The molecule has 3 aliphatic heterocycles. The van der Waals surface area contributed by atoms with E-state index in [-0.39, 0.29) is 29.5 Å². The Morgan fingerprint density at radius 3 is 2.74 bits per heavy atom. The molecule has 42 heavy (non-hydrogen) atoms. The van der Waals surface area contributed by atoms with Crippen molar-refractivity contribution in [2.24, 2.45) is 7.05 Å². The predicted octanol–water partition coefficient (Wildman–Crippen LogP) is 4.44. The number of sulfonamides is 1. The molecule has 1 aromatic heterocycles. The number of halogens is 1. The Bertz CT molecular complexity index is 1770. The number of aromatic nitrogens is 2. The zero-order chi connectivity index (χ0) is 29.4. The van der Waals surface area contributed by atoms with Gasteiger partial charge in [0.1, 0.15) is 16.4 Å². The molecule has 0 saturated heterocycles. The second kappa shape index (κ2) is 11.2. The second-order valence-electron chi connectivity index (χ2n) is 10.5. The molecule has 0 spiro atoms. The number of nitrogens with zero attached hydrogens (tertiary/aromatic N) is 3. The number of rotatable bonds is 2. The molecule has 11 heteroatoms. The fourth-order valence-electron chi connectivity index (χ4n) is 5.48. The lowest BCUT2D eigenvalue weighted by molar-refractivity contribution is -0.120. The molecule has 3 aliphatic rings. The zero-order valence-electron chi connectivity index (χ0n) is 23.3. The topological polar surface area (TPSA) is 103 Å². The lowest BCUT2D eigenvalue weighted by Gasteiger charge is -2.37. The normalized spacial score (nSPS) is 17.8. The van der Waals surface area contributed by atoms with E-state index in [0.717, 1.165) is 16.7 Å². The molecule has 1 unspecified atom stereocenters. The van der Waals surface area contributed by atoms with Crippen molar-refractivity contribution in [2.75, 3.05) is 19.7 Å². The molecule has 0 radical (unpaired) electrons. The molecular formula is C31H31FN4O5S. The SMILES string of the molecule is Cc1c(S(=O)(=O)N2CCc3cc4ccc3C2c2cccc(c2)OCCCNC(=O)Cc2ccc(F)c(c2)O4)cnn1C. The van der Waals surface area contributed by atoms with E-state index < -0.39 is 21.9 Å². The highest BCUT2D eigenvalue weighted by atomic mass is 32.2. The molecule has 1 atom stereocenters. The number of carbonyl (C=O) groups is 1. The van der Waals surface area contributed by atoms with Crippen LogP contribution >= 0.6 is 0 Å². The van der Waals surface area contributed by atoms with Gasteiger partial charge in [-0.3, -0.25) is 9.48 Å². The maximum Gasteiger partial charge on any atom is 0.247 e. The van der Waals surface area contributed by atoms with Crippen LogP contribution in [0.2, 0.25) is 0 Å². The fraction of sp³-hybridized carbons (Fsp3) is 0.290. The summed E-state index contributed by atoms with van der Waals surface area (Å²) in [6.45, 7) is 2.73. The van der Waals surface area contributed by atoms with Crippen LogP contribution in [0.5, 0.6) is 17.2 Å². The largest absolute Gasteiger partial charge is 0.494 e. The number of amides is 1. The molecule has 1 N–H and O–H groups in total. The van der Waals surface area contributed by atoms with Crippen LogP contribution in [0.15, 0.2) is 71.8 Å². The highest BCUT2D eigenvalue weighted by molar-refractivity contribution is 7.89. The maximum absolute atomic E-state index is 14.7. The Kier molecular flexibility index (Phi) is 7.46. The summed E-state index contributed by atoms with van der Waals surface area (Å²) in [6, 6.07) is 16.5. The van der Waals surface area contributed by atoms with E-state index in [9.17, 15) is 17.6 Å². The van der Waals surface area contributed by atoms with Gasteiger partial charge in [-0.15, -0.1) is 0 Å². The Labute approximate surface area is 243 Å². The lowest BCUT2D eigenvalue weighted by atomic mass is 9.89. The van der Waals surface area contributed by atoms with Gasteiger partial charge in [-0.1, -0.05) is 24.3 Å². The monoisotopic (exact) mass is 590 g/mol. The molecule has 4 heterocycles. The molecule has 4 aromatic rings. The van der Waals surface area contributed by atoms with Gasteiger partial charge >= 0.3 is 0 Å². The molecule has 1 amide bonds.